The predicted octanol–water partition coefficient (Wildman–Crippen LogP) is 2.93. The fourth-order valence-electron chi connectivity index (χ4n) is 3.02. The van der Waals surface area contributed by atoms with E-state index in [0.717, 1.165) is 11.1 Å². The molecule has 0 fully saturated rings. The minimum Gasteiger partial charge on any atom is -0.496 e. The standard InChI is InChI=1S/C21H24N4O3/c1-13(18(22)15-9-5-4-6-10-15)21(26)24-19(20-23-14(2)28-25-20)16-11-7-8-12-17(16)27-3/h4-13,18-19H,22H2,1-3H3,(H,24,26). The maximum atomic E-state index is 13.0. The van der Waals surface area contributed by atoms with Crippen molar-refractivity contribution in [2.45, 2.75) is 25.9 Å². The SMILES string of the molecule is COc1ccccc1C(NC(=O)C(C)C(N)c1ccccc1)c1noc(C)n1. The van der Waals surface area contributed by atoms with Crippen LogP contribution in [-0.2, 0) is 4.79 Å². The number of nitrogens with zero attached hydrogens (tertiary/aromatic N) is 2. The highest BCUT2D eigenvalue weighted by molar-refractivity contribution is 5.80. The quantitative estimate of drug-likeness (QED) is 0.653. The van der Waals surface area contributed by atoms with Crippen molar-refractivity contribution in [2.75, 3.05) is 7.11 Å². The van der Waals surface area contributed by atoms with Gasteiger partial charge in [-0.25, -0.2) is 0 Å². The highest BCUT2D eigenvalue weighted by Crippen LogP contribution is 2.29. The maximum absolute atomic E-state index is 13.0. The second-order valence-electron chi connectivity index (χ2n) is 6.58. The largest absolute Gasteiger partial charge is 0.496 e. The lowest BCUT2D eigenvalue weighted by Crippen LogP contribution is -2.38. The summed E-state index contributed by atoms with van der Waals surface area (Å²) in [6.45, 7) is 3.50. The molecular weight excluding hydrogens is 356 g/mol. The van der Waals surface area contributed by atoms with Crippen LogP contribution < -0.4 is 15.8 Å². The molecule has 3 rings (SSSR count). The molecule has 2 aromatic carbocycles. The van der Waals surface area contributed by atoms with Gasteiger partial charge < -0.3 is 20.3 Å². The molecule has 0 aliphatic carbocycles. The number of methoxy groups -OCH3 is 1. The number of para-hydroxylation sites is 1. The number of aromatic nitrogens is 2. The Morgan fingerprint density at radius 2 is 1.82 bits per heavy atom. The molecule has 0 saturated heterocycles. The van der Waals surface area contributed by atoms with Gasteiger partial charge in [0.15, 0.2) is 5.82 Å². The van der Waals surface area contributed by atoms with Crippen molar-refractivity contribution in [3.8, 4) is 5.75 Å². The summed E-state index contributed by atoms with van der Waals surface area (Å²) in [6.07, 6.45) is 0. The molecule has 3 atom stereocenters. The summed E-state index contributed by atoms with van der Waals surface area (Å²) in [7, 11) is 1.58. The first-order valence-electron chi connectivity index (χ1n) is 9.05. The number of nitrogens with one attached hydrogen (secondary N) is 1. The zero-order valence-corrected chi connectivity index (χ0v) is 16.1. The van der Waals surface area contributed by atoms with E-state index in [9.17, 15) is 4.79 Å². The van der Waals surface area contributed by atoms with Crippen LogP contribution in [0.3, 0.4) is 0 Å². The molecule has 1 heterocycles. The van der Waals surface area contributed by atoms with E-state index in [1.54, 1.807) is 21.0 Å². The summed E-state index contributed by atoms with van der Waals surface area (Å²) in [5, 5.41) is 7.00. The van der Waals surface area contributed by atoms with Gasteiger partial charge in [-0.3, -0.25) is 4.79 Å². The third kappa shape index (κ3) is 4.20. The van der Waals surface area contributed by atoms with E-state index in [2.05, 4.69) is 15.5 Å². The first-order chi connectivity index (χ1) is 13.5. The van der Waals surface area contributed by atoms with Gasteiger partial charge in [0.25, 0.3) is 0 Å². The average molecular weight is 380 g/mol. The minimum absolute atomic E-state index is 0.213. The van der Waals surface area contributed by atoms with E-state index in [0.29, 0.717) is 17.5 Å². The second kappa shape index (κ2) is 8.67. The summed E-state index contributed by atoms with van der Waals surface area (Å²) < 4.78 is 10.6. The highest BCUT2D eigenvalue weighted by Gasteiger charge is 2.29. The van der Waals surface area contributed by atoms with E-state index >= 15 is 0 Å². The molecular formula is C21H24N4O3. The van der Waals surface area contributed by atoms with Crippen molar-refractivity contribution < 1.29 is 14.1 Å². The van der Waals surface area contributed by atoms with Gasteiger partial charge in [0.2, 0.25) is 11.8 Å². The lowest BCUT2D eigenvalue weighted by Gasteiger charge is -2.24. The third-order valence-corrected chi connectivity index (χ3v) is 4.67. The van der Waals surface area contributed by atoms with Crippen molar-refractivity contribution in [1.29, 1.82) is 0 Å². The Hall–Kier alpha value is -3.19. The van der Waals surface area contributed by atoms with Gasteiger partial charge in [0.1, 0.15) is 11.8 Å². The van der Waals surface area contributed by atoms with Gasteiger partial charge in [0, 0.05) is 18.5 Å². The fourth-order valence-corrected chi connectivity index (χ4v) is 3.02. The van der Waals surface area contributed by atoms with Gasteiger partial charge >= 0.3 is 0 Å². The first kappa shape index (κ1) is 19.6. The number of carbonyl (C=O) groups excluding carboxylic acids is 1. The average Bonchev–Trinajstić information content (AvgIpc) is 3.17. The highest BCUT2D eigenvalue weighted by atomic mass is 16.5. The van der Waals surface area contributed by atoms with Crippen molar-refractivity contribution in [3.63, 3.8) is 0 Å². The van der Waals surface area contributed by atoms with Crippen molar-refractivity contribution in [3.05, 3.63) is 77.4 Å². The van der Waals surface area contributed by atoms with Crippen LogP contribution in [-0.4, -0.2) is 23.2 Å². The number of amides is 1. The molecule has 0 aliphatic heterocycles. The summed E-state index contributed by atoms with van der Waals surface area (Å²) in [4.78, 5) is 17.3. The molecule has 1 amide bonds. The van der Waals surface area contributed by atoms with Crippen LogP contribution >= 0.6 is 0 Å². The van der Waals surface area contributed by atoms with Crippen molar-refractivity contribution >= 4 is 5.91 Å². The van der Waals surface area contributed by atoms with E-state index in [1.165, 1.54) is 0 Å². The lowest BCUT2D eigenvalue weighted by molar-refractivity contribution is -0.125. The zero-order valence-electron chi connectivity index (χ0n) is 16.1. The molecule has 28 heavy (non-hydrogen) atoms. The molecule has 3 N–H and O–H groups in total. The number of nitrogens with two attached hydrogens (primary N) is 1. The van der Waals surface area contributed by atoms with Gasteiger partial charge in [0.05, 0.1) is 13.0 Å². The Bertz CT molecular complexity index is 926. The Labute approximate surface area is 163 Å². The van der Waals surface area contributed by atoms with Gasteiger partial charge in [-0.2, -0.15) is 4.98 Å². The molecule has 0 spiro atoms. The van der Waals surface area contributed by atoms with Crippen LogP contribution in [0, 0.1) is 12.8 Å². The molecule has 0 aliphatic rings. The minimum atomic E-state index is -0.619. The van der Waals surface area contributed by atoms with Crippen LogP contribution in [0.4, 0.5) is 0 Å². The van der Waals surface area contributed by atoms with Crippen LogP contribution in [0.15, 0.2) is 59.1 Å². The topological polar surface area (TPSA) is 103 Å². The number of ether oxygens (including phenoxy) is 1. The number of aryl methyl sites for hydroxylation is 1. The predicted molar refractivity (Wildman–Crippen MR) is 105 cm³/mol. The van der Waals surface area contributed by atoms with Crippen molar-refractivity contribution in [1.82, 2.24) is 15.5 Å². The number of carbonyl (C=O) groups is 1. The molecule has 0 bridgehead atoms. The van der Waals surface area contributed by atoms with Crippen LogP contribution in [0.2, 0.25) is 0 Å². The maximum Gasteiger partial charge on any atom is 0.225 e. The molecule has 3 aromatic rings. The molecule has 0 saturated carbocycles. The van der Waals surface area contributed by atoms with Crippen LogP contribution in [0.25, 0.3) is 0 Å². The van der Waals surface area contributed by atoms with Gasteiger partial charge in [-0.1, -0.05) is 60.6 Å². The normalized spacial score (nSPS) is 14.1. The number of hydrogen-bond acceptors (Lipinski definition) is 6. The molecule has 146 valence electrons. The van der Waals surface area contributed by atoms with E-state index in [4.69, 9.17) is 15.0 Å². The van der Waals surface area contributed by atoms with E-state index in [1.807, 2.05) is 54.6 Å². The zero-order chi connectivity index (χ0) is 20.1. The summed E-state index contributed by atoms with van der Waals surface area (Å²) in [5.41, 5.74) is 7.95. The summed E-state index contributed by atoms with van der Waals surface area (Å²) in [6, 6.07) is 15.9. The Balaban J connectivity index is 1.88. The van der Waals surface area contributed by atoms with Gasteiger partial charge in [-0.05, 0) is 11.6 Å². The lowest BCUT2D eigenvalue weighted by atomic mass is 9.94. The van der Waals surface area contributed by atoms with Gasteiger partial charge in [-0.15, -0.1) is 0 Å². The molecule has 7 nitrogen and oxygen atoms in total. The Morgan fingerprint density at radius 3 is 2.46 bits per heavy atom. The van der Waals surface area contributed by atoms with Crippen LogP contribution in [0.5, 0.6) is 5.75 Å². The van der Waals surface area contributed by atoms with E-state index in [-0.39, 0.29) is 5.91 Å². The number of benzene rings is 2. The summed E-state index contributed by atoms with van der Waals surface area (Å²) >= 11 is 0. The molecule has 7 heteroatoms. The molecule has 1 aromatic heterocycles. The fraction of sp³-hybridized carbons (Fsp3) is 0.286. The second-order valence-corrected chi connectivity index (χ2v) is 6.58. The smallest absolute Gasteiger partial charge is 0.225 e. The van der Waals surface area contributed by atoms with Crippen LogP contribution in [0.1, 0.15) is 41.8 Å². The number of rotatable bonds is 7. The molecule has 3 unspecified atom stereocenters. The Morgan fingerprint density at radius 1 is 1.14 bits per heavy atom. The Kier molecular flexibility index (Phi) is 6.06. The summed E-state index contributed by atoms with van der Waals surface area (Å²) in [5.74, 6) is 0.714. The van der Waals surface area contributed by atoms with E-state index < -0.39 is 18.0 Å². The monoisotopic (exact) mass is 380 g/mol. The molecule has 0 radical (unpaired) electrons. The first-order valence-corrected chi connectivity index (χ1v) is 9.05. The third-order valence-electron chi connectivity index (χ3n) is 4.67. The number of hydrogen-bond donors (Lipinski definition) is 2. The van der Waals surface area contributed by atoms with Crippen molar-refractivity contribution in [2.24, 2.45) is 11.7 Å².